The van der Waals surface area contributed by atoms with Gasteiger partial charge in [-0.25, -0.2) is 15.0 Å². The number of aromatic nitrogens is 4. The van der Waals surface area contributed by atoms with Crippen LogP contribution in [0.5, 0.6) is 23.1 Å². The molecule has 0 saturated heterocycles. The second-order valence-electron chi connectivity index (χ2n) is 7.44. The van der Waals surface area contributed by atoms with Crippen molar-refractivity contribution in [2.75, 3.05) is 20.8 Å². The Morgan fingerprint density at radius 1 is 1.16 bits per heavy atom. The van der Waals surface area contributed by atoms with Crippen molar-refractivity contribution in [2.24, 2.45) is 0 Å². The van der Waals surface area contributed by atoms with Gasteiger partial charge in [0.15, 0.2) is 23.3 Å². The summed E-state index contributed by atoms with van der Waals surface area (Å²) in [7, 11) is 3.23. The highest BCUT2D eigenvalue weighted by molar-refractivity contribution is 14.1. The first-order valence-corrected chi connectivity index (χ1v) is 11.1. The molecule has 164 valence electrons. The fraction of sp³-hybridized carbons (Fsp3) is 0.261. The van der Waals surface area contributed by atoms with E-state index in [0.717, 1.165) is 31.6 Å². The smallest absolute Gasteiger partial charge is 0.213 e. The van der Waals surface area contributed by atoms with Gasteiger partial charge in [-0.05, 0) is 59.3 Å². The summed E-state index contributed by atoms with van der Waals surface area (Å²) in [4.78, 5) is 13.4. The molecule has 5 rings (SSSR count). The van der Waals surface area contributed by atoms with Crippen LogP contribution in [0.3, 0.4) is 0 Å². The minimum absolute atomic E-state index is 0.287. The lowest BCUT2D eigenvalue weighted by Crippen LogP contribution is -2.23. The number of aryl methyl sites for hydroxylation is 1. The molecule has 1 unspecified atom stereocenters. The van der Waals surface area contributed by atoms with Crippen molar-refractivity contribution in [2.45, 2.75) is 19.6 Å². The highest BCUT2D eigenvalue weighted by atomic mass is 127. The minimum atomic E-state index is -0.287. The quantitative estimate of drug-likeness (QED) is 0.347. The number of benzene rings is 1. The third-order valence-electron chi connectivity index (χ3n) is 5.38. The maximum absolute atomic E-state index is 6.30. The average Bonchev–Trinajstić information content (AvgIpc) is 3.19. The lowest BCUT2D eigenvalue weighted by Gasteiger charge is -2.29. The van der Waals surface area contributed by atoms with E-state index in [2.05, 4.69) is 37.5 Å². The molecule has 4 aromatic rings. The molecule has 0 spiro atoms. The number of pyridine rings is 2. The Morgan fingerprint density at radius 3 is 2.81 bits per heavy atom. The topological polar surface area (TPSA) is 80.5 Å². The number of fused-ring (bicyclic) bond motifs is 2. The maximum Gasteiger partial charge on any atom is 0.213 e. The van der Waals surface area contributed by atoms with Gasteiger partial charge in [-0.15, -0.1) is 0 Å². The summed E-state index contributed by atoms with van der Waals surface area (Å²) < 4.78 is 26.3. The Hall–Kier alpha value is -3.08. The largest absolute Gasteiger partial charge is 0.493 e. The predicted octanol–water partition coefficient (Wildman–Crippen LogP) is 4.32. The van der Waals surface area contributed by atoms with Crippen LogP contribution in [0.25, 0.3) is 11.2 Å². The normalized spacial score (nSPS) is 15.1. The number of halogens is 1. The van der Waals surface area contributed by atoms with Gasteiger partial charge in [0.05, 0.1) is 27.1 Å². The van der Waals surface area contributed by atoms with E-state index in [4.69, 9.17) is 18.9 Å². The third kappa shape index (κ3) is 3.81. The van der Waals surface area contributed by atoms with E-state index in [1.807, 2.05) is 48.0 Å². The van der Waals surface area contributed by atoms with E-state index in [0.29, 0.717) is 36.3 Å². The van der Waals surface area contributed by atoms with E-state index < -0.39 is 0 Å². The zero-order valence-corrected chi connectivity index (χ0v) is 20.0. The maximum atomic E-state index is 6.30. The van der Waals surface area contributed by atoms with Gasteiger partial charge in [-0.1, -0.05) is 0 Å². The first kappa shape index (κ1) is 20.8. The summed E-state index contributed by atoms with van der Waals surface area (Å²) >= 11 is 2.24. The molecule has 4 heterocycles. The molecular formula is C23H21IN4O4. The predicted molar refractivity (Wildman–Crippen MR) is 127 cm³/mol. The van der Waals surface area contributed by atoms with Crippen molar-refractivity contribution < 1.29 is 18.9 Å². The van der Waals surface area contributed by atoms with Gasteiger partial charge in [0.2, 0.25) is 11.6 Å². The molecule has 0 amide bonds. The molecule has 32 heavy (non-hydrogen) atoms. The lowest BCUT2D eigenvalue weighted by atomic mass is 10.1. The van der Waals surface area contributed by atoms with Crippen LogP contribution in [-0.4, -0.2) is 40.3 Å². The standard InChI is InChI=1S/C23H21IN4O4/c1-13-16(4-5-21(27-13)30-3)20-11-31-19-7-14(6-18(29-2)22(19)32-20)10-28-12-26-17-8-15(24)9-25-23(17)28/h4-9,12,20H,10-11H2,1-3H3. The Labute approximate surface area is 198 Å². The van der Waals surface area contributed by atoms with Crippen LogP contribution in [-0.2, 0) is 6.54 Å². The number of methoxy groups -OCH3 is 2. The number of hydrogen-bond donors (Lipinski definition) is 0. The summed E-state index contributed by atoms with van der Waals surface area (Å²) in [5.41, 5.74) is 4.50. The Balaban J connectivity index is 1.44. The van der Waals surface area contributed by atoms with Crippen molar-refractivity contribution in [1.82, 2.24) is 19.5 Å². The van der Waals surface area contributed by atoms with Gasteiger partial charge in [-0.2, -0.15) is 0 Å². The first-order valence-electron chi connectivity index (χ1n) is 10.0. The fourth-order valence-electron chi connectivity index (χ4n) is 3.83. The van der Waals surface area contributed by atoms with E-state index >= 15 is 0 Å². The van der Waals surface area contributed by atoms with Gasteiger partial charge in [0.25, 0.3) is 0 Å². The minimum Gasteiger partial charge on any atom is -0.493 e. The second kappa shape index (κ2) is 8.45. The number of hydrogen-bond acceptors (Lipinski definition) is 7. The molecule has 0 fully saturated rings. The summed E-state index contributed by atoms with van der Waals surface area (Å²) in [5.74, 6) is 2.43. The average molecular weight is 544 g/mol. The van der Waals surface area contributed by atoms with Gasteiger partial charge in [0.1, 0.15) is 12.1 Å². The number of nitrogens with zero attached hydrogens (tertiary/aromatic N) is 4. The zero-order chi connectivity index (χ0) is 22.2. The van der Waals surface area contributed by atoms with E-state index in [1.54, 1.807) is 20.5 Å². The molecular weight excluding hydrogens is 523 g/mol. The lowest BCUT2D eigenvalue weighted by molar-refractivity contribution is 0.0862. The van der Waals surface area contributed by atoms with E-state index in [-0.39, 0.29) is 6.10 Å². The SMILES string of the molecule is COc1ccc(C2COc3cc(Cn4cnc5cc(I)cnc54)cc(OC)c3O2)c(C)n1. The fourth-order valence-corrected chi connectivity index (χ4v) is 4.27. The van der Waals surface area contributed by atoms with Gasteiger partial charge < -0.3 is 23.5 Å². The summed E-state index contributed by atoms with van der Waals surface area (Å²) in [6.45, 7) is 2.89. The van der Waals surface area contributed by atoms with Crippen molar-refractivity contribution in [3.05, 3.63) is 63.2 Å². The van der Waals surface area contributed by atoms with Crippen LogP contribution in [0.15, 0.2) is 42.9 Å². The molecule has 0 radical (unpaired) electrons. The molecule has 1 atom stereocenters. The van der Waals surface area contributed by atoms with Crippen molar-refractivity contribution in [3.8, 4) is 23.1 Å². The van der Waals surface area contributed by atoms with Crippen LogP contribution in [0.4, 0.5) is 0 Å². The molecule has 3 aromatic heterocycles. The molecule has 0 saturated carbocycles. The molecule has 1 aliphatic heterocycles. The summed E-state index contributed by atoms with van der Waals surface area (Å²) in [6.07, 6.45) is 3.35. The van der Waals surface area contributed by atoms with Gasteiger partial charge in [0, 0.05) is 27.1 Å². The van der Waals surface area contributed by atoms with Crippen LogP contribution in [0.1, 0.15) is 22.9 Å². The zero-order valence-electron chi connectivity index (χ0n) is 17.8. The molecule has 9 heteroatoms. The van der Waals surface area contributed by atoms with Crippen molar-refractivity contribution in [1.29, 1.82) is 0 Å². The number of ether oxygens (including phenoxy) is 4. The molecule has 1 aromatic carbocycles. The molecule has 0 N–H and O–H groups in total. The van der Waals surface area contributed by atoms with E-state index in [9.17, 15) is 0 Å². The van der Waals surface area contributed by atoms with Gasteiger partial charge >= 0.3 is 0 Å². The highest BCUT2D eigenvalue weighted by Crippen LogP contribution is 2.45. The Bertz CT molecular complexity index is 1290. The molecule has 0 aliphatic carbocycles. The monoisotopic (exact) mass is 544 g/mol. The third-order valence-corrected chi connectivity index (χ3v) is 5.97. The number of imidazole rings is 1. The van der Waals surface area contributed by atoms with Crippen molar-refractivity contribution >= 4 is 33.8 Å². The van der Waals surface area contributed by atoms with E-state index in [1.165, 1.54) is 0 Å². The second-order valence-corrected chi connectivity index (χ2v) is 8.69. The van der Waals surface area contributed by atoms with Crippen LogP contribution >= 0.6 is 22.6 Å². The summed E-state index contributed by atoms with van der Waals surface area (Å²) in [5, 5.41) is 0. The molecule has 8 nitrogen and oxygen atoms in total. The van der Waals surface area contributed by atoms with Gasteiger partial charge in [-0.3, -0.25) is 0 Å². The number of rotatable bonds is 5. The Kier molecular flexibility index (Phi) is 5.50. The summed E-state index contributed by atoms with van der Waals surface area (Å²) in [6, 6.07) is 9.74. The molecule has 1 aliphatic rings. The molecule has 0 bridgehead atoms. The van der Waals surface area contributed by atoms with Crippen molar-refractivity contribution in [3.63, 3.8) is 0 Å². The highest BCUT2D eigenvalue weighted by Gasteiger charge is 2.28. The van der Waals surface area contributed by atoms with Crippen LogP contribution < -0.4 is 18.9 Å². The Morgan fingerprint density at radius 2 is 2.03 bits per heavy atom. The van der Waals surface area contributed by atoms with Crippen LogP contribution in [0.2, 0.25) is 0 Å². The first-order chi connectivity index (χ1) is 15.6. The van der Waals surface area contributed by atoms with Crippen LogP contribution in [0, 0.1) is 10.5 Å².